The zero-order chi connectivity index (χ0) is 24.0. The average Bonchev–Trinajstić information content (AvgIpc) is 3.16. The third-order valence-corrected chi connectivity index (χ3v) is 6.47. The number of methoxy groups -OCH3 is 1. The molecule has 0 radical (unpaired) electrons. The van der Waals surface area contributed by atoms with E-state index in [2.05, 4.69) is 11.9 Å². The number of hydrogen-bond acceptors (Lipinski definition) is 6. The molecule has 0 bridgehead atoms. The molecule has 0 fully saturated rings. The number of aromatic amines is 1. The highest BCUT2D eigenvalue weighted by molar-refractivity contribution is 7.14. The van der Waals surface area contributed by atoms with E-state index in [1.165, 1.54) is 20.8 Å². The van der Waals surface area contributed by atoms with Crippen LogP contribution in [0.2, 0.25) is 0 Å². The standard InChI is InChI=1S/C24H30N4O4S/c1-4-9-18-14-19(33-16(18)2)23(30)27(12-8-13-32-3)20-21(25)28(24(31)26-22(20)29)15-17-10-6-5-7-11-17/h5-7,10-11,14H,4,8-9,12-13,15,25H2,1-3H3,(H,26,29,31). The molecule has 1 amide bonds. The van der Waals surface area contributed by atoms with Crippen molar-refractivity contribution in [3.05, 3.63) is 78.1 Å². The predicted molar refractivity (Wildman–Crippen MR) is 132 cm³/mol. The Bertz CT molecular complexity index is 1210. The number of hydrogen-bond donors (Lipinski definition) is 2. The Kier molecular flexibility index (Phi) is 8.24. The second-order valence-electron chi connectivity index (χ2n) is 7.81. The van der Waals surface area contributed by atoms with E-state index in [0.717, 1.165) is 28.8 Å². The van der Waals surface area contributed by atoms with Crippen LogP contribution in [0.5, 0.6) is 0 Å². The van der Waals surface area contributed by atoms with Crippen LogP contribution in [0.15, 0.2) is 46.0 Å². The molecule has 0 saturated carbocycles. The average molecular weight is 471 g/mol. The van der Waals surface area contributed by atoms with E-state index in [4.69, 9.17) is 10.5 Å². The molecule has 1 aromatic carbocycles. The van der Waals surface area contributed by atoms with Gasteiger partial charge in [0.2, 0.25) is 0 Å². The second-order valence-corrected chi connectivity index (χ2v) is 9.07. The zero-order valence-corrected chi connectivity index (χ0v) is 20.0. The largest absolute Gasteiger partial charge is 0.385 e. The van der Waals surface area contributed by atoms with Gasteiger partial charge in [-0.2, -0.15) is 0 Å². The minimum absolute atomic E-state index is 0.0188. The van der Waals surface area contributed by atoms with Crippen molar-refractivity contribution in [2.45, 2.75) is 39.7 Å². The van der Waals surface area contributed by atoms with E-state index >= 15 is 0 Å². The van der Waals surface area contributed by atoms with Crippen molar-refractivity contribution < 1.29 is 9.53 Å². The molecule has 0 spiro atoms. The zero-order valence-electron chi connectivity index (χ0n) is 19.2. The molecule has 2 heterocycles. The fourth-order valence-electron chi connectivity index (χ4n) is 3.72. The molecule has 3 N–H and O–H groups in total. The van der Waals surface area contributed by atoms with Crippen molar-refractivity contribution in [1.82, 2.24) is 9.55 Å². The fourth-order valence-corrected chi connectivity index (χ4v) is 4.74. The molecule has 3 aromatic rings. The number of carbonyl (C=O) groups excluding carboxylic acids is 1. The first-order valence-electron chi connectivity index (χ1n) is 10.9. The quantitative estimate of drug-likeness (QED) is 0.442. The van der Waals surface area contributed by atoms with Crippen molar-refractivity contribution in [3.8, 4) is 0 Å². The van der Waals surface area contributed by atoms with Gasteiger partial charge in [0.1, 0.15) is 5.82 Å². The number of nitrogen functional groups attached to an aromatic ring is 1. The summed E-state index contributed by atoms with van der Waals surface area (Å²) in [5.74, 6) is -0.357. The molecule has 0 atom stereocenters. The Hall–Kier alpha value is -3.17. The van der Waals surface area contributed by atoms with Gasteiger partial charge in [-0.3, -0.25) is 24.0 Å². The molecule has 8 nitrogen and oxygen atoms in total. The highest BCUT2D eigenvalue weighted by atomic mass is 32.1. The summed E-state index contributed by atoms with van der Waals surface area (Å²) >= 11 is 1.40. The highest BCUT2D eigenvalue weighted by Crippen LogP contribution is 2.27. The van der Waals surface area contributed by atoms with E-state index in [1.807, 2.05) is 43.3 Å². The number of thiophene rings is 1. The lowest BCUT2D eigenvalue weighted by Crippen LogP contribution is -2.41. The number of nitrogens with two attached hydrogens (primary N) is 1. The smallest absolute Gasteiger partial charge is 0.330 e. The van der Waals surface area contributed by atoms with Crippen molar-refractivity contribution in [2.24, 2.45) is 0 Å². The summed E-state index contributed by atoms with van der Waals surface area (Å²) in [7, 11) is 1.58. The van der Waals surface area contributed by atoms with Crippen LogP contribution < -0.4 is 21.9 Å². The van der Waals surface area contributed by atoms with Gasteiger partial charge in [-0.05, 0) is 37.0 Å². The molecule has 0 aliphatic heterocycles. The van der Waals surface area contributed by atoms with Gasteiger partial charge in [-0.1, -0.05) is 43.7 Å². The second kappa shape index (κ2) is 11.1. The Labute approximate surface area is 196 Å². The minimum atomic E-state index is -0.686. The van der Waals surface area contributed by atoms with E-state index in [-0.39, 0.29) is 30.5 Å². The summed E-state index contributed by atoms with van der Waals surface area (Å²) in [6.07, 6.45) is 2.36. The maximum absolute atomic E-state index is 13.6. The minimum Gasteiger partial charge on any atom is -0.385 e. The number of ether oxygens (including phenoxy) is 1. The van der Waals surface area contributed by atoms with Gasteiger partial charge >= 0.3 is 5.69 Å². The summed E-state index contributed by atoms with van der Waals surface area (Å²) in [6.45, 7) is 4.89. The number of aromatic nitrogens is 2. The number of rotatable bonds is 10. The Balaban J connectivity index is 2.07. The first kappa shape index (κ1) is 24.5. The van der Waals surface area contributed by atoms with Gasteiger partial charge in [0.05, 0.1) is 11.4 Å². The molecule has 33 heavy (non-hydrogen) atoms. The lowest BCUT2D eigenvalue weighted by Gasteiger charge is -2.24. The van der Waals surface area contributed by atoms with Crippen LogP contribution in [-0.2, 0) is 17.7 Å². The van der Waals surface area contributed by atoms with Crippen LogP contribution >= 0.6 is 11.3 Å². The Morgan fingerprint density at radius 2 is 1.97 bits per heavy atom. The number of amides is 1. The third-order valence-electron chi connectivity index (χ3n) is 5.39. The van der Waals surface area contributed by atoms with Crippen molar-refractivity contribution in [1.29, 1.82) is 0 Å². The van der Waals surface area contributed by atoms with Crippen LogP contribution in [0, 0.1) is 6.92 Å². The molecule has 0 saturated heterocycles. The van der Waals surface area contributed by atoms with Crippen LogP contribution in [0.3, 0.4) is 0 Å². The summed E-state index contributed by atoms with van der Waals surface area (Å²) in [6, 6.07) is 11.2. The summed E-state index contributed by atoms with van der Waals surface area (Å²) in [4.78, 5) is 44.3. The summed E-state index contributed by atoms with van der Waals surface area (Å²) in [5.41, 5.74) is 7.01. The van der Waals surface area contributed by atoms with E-state index in [1.54, 1.807) is 7.11 Å². The Morgan fingerprint density at radius 1 is 1.24 bits per heavy atom. The molecule has 2 aromatic heterocycles. The van der Waals surface area contributed by atoms with Crippen molar-refractivity contribution in [3.63, 3.8) is 0 Å². The van der Waals surface area contributed by atoms with Gasteiger partial charge < -0.3 is 10.5 Å². The fraction of sp³-hybridized carbons (Fsp3) is 0.375. The third kappa shape index (κ3) is 5.61. The number of nitrogens with one attached hydrogen (secondary N) is 1. The molecule has 0 unspecified atom stereocenters. The lowest BCUT2D eigenvalue weighted by molar-refractivity contribution is 0.0987. The molecule has 0 aliphatic carbocycles. The van der Waals surface area contributed by atoms with Gasteiger partial charge in [0.25, 0.3) is 11.5 Å². The maximum Gasteiger partial charge on any atom is 0.330 e. The van der Waals surface area contributed by atoms with Crippen LogP contribution in [0.1, 0.15) is 45.4 Å². The summed E-state index contributed by atoms with van der Waals surface area (Å²) < 4.78 is 6.43. The van der Waals surface area contributed by atoms with Gasteiger partial charge in [-0.25, -0.2) is 4.79 Å². The number of aryl methyl sites for hydroxylation is 2. The van der Waals surface area contributed by atoms with Crippen LogP contribution in [0.25, 0.3) is 0 Å². The molecule has 9 heteroatoms. The first-order valence-corrected chi connectivity index (χ1v) is 11.8. The molecular formula is C24H30N4O4S. The lowest BCUT2D eigenvalue weighted by atomic mass is 10.1. The predicted octanol–water partition coefficient (Wildman–Crippen LogP) is 3.17. The molecular weight excluding hydrogens is 440 g/mol. The number of carbonyl (C=O) groups is 1. The number of anilines is 2. The van der Waals surface area contributed by atoms with Crippen molar-refractivity contribution >= 4 is 28.7 Å². The highest BCUT2D eigenvalue weighted by Gasteiger charge is 2.26. The monoisotopic (exact) mass is 470 g/mol. The number of nitrogens with zero attached hydrogens (tertiary/aromatic N) is 2. The maximum atomic E-state index is 13.6. The van der Waals surface area contributed by atoms with Gasteiger partial charge in [0, 0.05) is 25.1 Å². The molecule has 176 valence electrons. The SMILES string of the molecule is CCCc1cc(C(=O)N(CCCOC)c2c(N)n(Cc3ccccc3)c(=O)[nH]c2=O)sc1C. The molecule has 0 aliphatic rings. The van der Waals surface area contributed by atoms with Crippen molar-refractivity contribution in [2.75, 3.05) is 30.9 Å². The summed E-state index contributed by atoms with van der Waals surface area (Å²) in [5, 5.41) is 0. The number of benzene rings is 1. The topological polar surface area (TPSA) is 110 Å². The van der Waals surface area contributed by atoms with Crippen LogP contribution in [0.4, 0.5) is 11.5 Å². The van der Waals surface area contributed by atoms with E-state index in [9.17, 15) is 14.4 Å². The Morgan fingerprint density at radius 3 is 2.64 bits per heavy atom. The van der Waals surface area contributed by atoms with Gasteiger partial charge in [0.15, 0.2) is 5.69 Å². The first-order chi connectivity index (χ1) is 15.9. The normalized spacial score (nSPS) is 11.0. The molecule has 3 rings (SSSR count). The van der Waals surface area contributed by atoms with Crippen LogP contribution in [-0.4, -0.2) is 35.7 Å². The van der Waals surface area contributed by atoms with Gasteiger partial charge in [-0.15, -0.1) is 11.3 Å². The van der Waals surface area contributed by atoms with E-state index in [0.29, 0.717) is 17.9 Å². The van der Waals surface area contributed by atoms with E-state index < -0.39 is 11.2 Å². The number of H-pyrrole nitrogens is 1.